The third-order valence-corrected chi connectivity index (χ3v) is 11.7. The molecule has 0 atom stereocenters. The van der Waals surface area contributed by atoms with Crippen molar-refractivity contribution in [3.8, 4) is 44.5 Å². The van der Waals surface area contributed by atoms with Gasteiger partial charge in [-0.25, -0.2) is 0 Å². The van der Waals surface area contributed by atoms with Crippen molar-refractivity contribution in [2.75, 3.05) is 4.90 Å². The van der Waals surface area contributed by atoms with Crippen LogP contribution in [0.2, 0.25) is 0 Å². The smallest absolute Gasteiger partial charge is 0.0640 e. The summed E-state index contributed by atoms with van der Waals surface area (Å²) < 4.78 is 2.57. The fourth-order valence-electron chi connectivity index (χ4n) is 7.96. The first-order chi connectivity index (χ1) is 26.8. The summed E-state index contributed by atoms with van der Waals surface area (Å²) in [5.41, 5.74) is 13.1. The molecule has 0 saturated carbocycles. The molecule has 0 bridgehead atoms. The average Bonchev–Trinajstić information content (AvgIpc) is 3.64. The van der Waals surface area contributed by atoms with E-state index in [1.165, 1.54) is 81.1 Å². The van der Waals surface area contributed by atoms with Gasteiger partial charge in [0.2, 0.25) is 0 Å². The number of hydrogen-bond donors (Lipinski definition) is 0. The number of hydrogen-bond acceptors (Lipinski definition) is 2. The quantitative estimate of drug-likeness (QED) is 0.160. The lowest BCUT2D eigenvalue weighted by Crippen LogP contribution is -2.10. The number of rotatable bonds is 7. The van der Waals surface area contributed by atoms with Gasteiger partial charge in [-0.1, -0.05) is 176 Å². The summed E-state index contributed by atoms with van der Waals surface area (Å²) in [5.74, 6) is 0. The Hall–Kier alpha value is -6.74. The zero-order valence-corrected chi connectivity index (χ0v) is 30.4. The van der Waals surface area contributed by atoms with Crippen LogP contribution in [0.4, 0.5) is 17.1 Å². The van der Waals surface area contributed by atoms with Crippen molar-refractivity contribution in [2.24, 2.45) is 0 Å². The van der Waals surface area contributed by atoms with Crippen LogP contribution in [0.3, 0.4) is 0 Å². The largest absolute Gasteiger partial charge is 0.309 e. The van der Waals surface area contributed by atoms with Crippen molar-refractivity contribution in [1.82, 2.24) is 0 Å². The highest BCUT2D eigenvalue weighted by atomic mass is 32.1. The third-order valence-electron chi connectivity index (χ3n) is 10.5. The van der Waals surface area contributed by atoms with Gasteiger partial charge in [0.15, 0.2) is 0 Å². The molecule has 0 unspecified atom stereocenters. The zero-order chi connectivity index (χ0) is 35.8. The van der Waals surface area contributed by atoms with Gasteiger partial charge in [-0.15, -0.1) is 11.3 Å². The van der Waals surface area contributed by atoms with Crippen molar-refractivity contribution >= 4 is 59.3 Å². The lowest BCUT2D eigenvalue weighted by atomic mass is 9.91. The first-order valence-corrected chi connectivity index (χ1v) is 19.2. The Morgan fingerprint density at radius 3 is 1.52 bits per heavy atom. The number of nitrogens with zero attached hydrogens (tertiary/aromatic N) is 1. The maximum absolute atomic E-state index is 2.45. The van der Waals surface area contributed by atoms with Crippen LogP contribution >= 0.6 is 11.3 Å². The summed E-state index contributed by atoms with van der Waals surface area (Å²) in [7, 11) is 0. The van der Waals surface area contributed by atoms with E-state index in [2.05, 4.69) is 217 Å². The van der Waals surface area contributed by atoms with Gasteiger partial charge >= 0.3 is 0 Å². The Bertz CT molecular complexity index is 2910. The van der Waals surface area contributed by atoms with Gasteiger partial charge in [0.25, 0.3) is 0 Å². The monoisotopic (exact) mass is 705 g/mol. The second-order valence-corrected chi connectivity index (χ2v) is 14.7. The van der Waals surface area contributed by atoms with E-state index in [9.17, 15) is 0 Å². The number of anilines is 3. The normalized spacial score (nSPS) is 11.3. The molecule has 0 spiro atoms. The van der Waals surface area contributed by atoms with Crippen molar-refractivity contribution < 1.29 is 0 Å². The molecule has 0 aliphatic heterocycles. The first-order valence-electron chi connectivity index (χ1n) is 18.4. The third kappa shape index (κ3) is 5.65. The fraction of sp³-hybridized carbons (Fsp3) is 0. The molecule has 254 valence electrons. The number of benzene rings is 9. The lowest BCUT2D eigenvalue weighted by molar-refractivity contribution is 1.30. The Kier molecular flexibility index (Phi) is 8.09. The molecule has 10 rings (SSSR count). The molecular weight excluding hydrogens is 671 g/mol. The maximum Gasteiger partial charge on any atom is 0.0640 e. The minimum Gasteiger partial charge on any atom is -0.309 e. The van der Waals surface area contributed by atoms with Crippen LogP contribution < -0.4 is 4.90 Å². The highest BCUT2D eigenvalue weighted by molar-refractivity contribution is 7.26. The minimum atomic E-state index is 1.11. The molecule has 0 fully saturated rings. The van der Waals surface area contributed by atoms with Crippen LogP contribution in [-0.2, 0) is 0 Å². The minimum absolute atomic E-state index is 1.11. The molecule has 54 heavy (non-hydrogen) atoms. The van der Waals surface area contributed by atoms with Gasteiger partial charge in [0.1, 0.15) is 0 Å². The molecule has 2 heteroatoms. The molecule has 0 amide bonds. The zero-order valence-electron chi connectivity index (χ0n) is 29.6. The molecule has 0 N–H and O–H groups in total. The van der Waals surface area contributed by atoms with Crippen molar-refractivity contribution in [2.45, 2.75) is 0 Å². The van der Waals surface area contributed by atoms with E-state index >= 15 is 0 Å². The van der Waals surface area contributed by atoms with Crippen molar-refractivity contribution in [3.05, 3.63) is 212 Å². The number of thiophene rings is 1. The molecule has 10 aromatic rings. The molecule has 0 aliphatic rings. The lowest BCUT2D eigenvalue weighted by Gasteiger charge is -2.27. The van der Waals surface area contributed by atoms with Gasteiger partial charge in [-0.2, -0.15) is 0 Å². The van der Waals surface area contributed by atoms with Crippen molar-refractivity contribution in [1.29, 1.82) is 0 Å². The standard InChI is InChI=1S/C52H35NS/c1-4-15-36(16-5-1)43-34-33-42(35-48(43)38-19-8-3-9-20-38)53(49-27-14-26-47-46-23-10-11-28-50(46)54-52(47)49)41-31-29-39(30-32-41)45-25-13-22-40-21-12-24-44(51(40)45)37-17-6-2-7-18-37/h1-35H. The molecule has 1 aromatic heterocycles. The van der Waals surface area contributed by atoms with Gasteiger partial charge < -0.3 is 4.90 Å². The molecular formula is C52H35NS. The molecule has 9 aromatic carbocycles. The van der Waals surface area contributed by atoms with E-state index in [0.29, 0.717) is 0 Å². The summed E-state index contributed by atoms with van der Waals surface area (Å²) in [5, 5.41) is 5.09. The molecule has 1 nitrogen and oxygen atoms in total. The Morgan fingerprint density at radius 1 is 0.333 bits per heavy atom. The van der Waals surface area contributed by atoms with E-state index in [1.54, 1.807) is 0 Å². The maximum atomic E-state index is 2.45. The van der Waals surface area contributed by atoms with E-state index in [4.69, 9.17) is 0 Å². The Morgan fingerprint density at radius 2 is 0.852 bits per heavy atom. The van der Waals surface area contributed by atoms with E-state index in [0.717, 1.165) is 11.4 Å². The number of fused-ring (bicyclic) bond motifs is 4. The summed E-state index contributed by atoms with van der Waals surface area (Å²) in [6.07, 6.45) is 0. The van der Waals surface area contributed by atoms with Crippen LogP contribution in [0.1, 0.15) is 0 Å². The fourth-order valence-corrected chi connectivity index (χ4v) is 9.17. The second kappa shape index (κ2) is 13.7. The van der Waals surface area contributed by atoms with Gasteiger partial charge in [-0.05, 0) is 91.7 Å². The van der Waals surface area contributed by atoms with E-state index in [-0.39, 0.29) is 0 Å². The topological polar surface area (TPSA) is 3.24 Å². The van der Waals surface area contributed by atoms with Crippen LogP contribution in [-0.4, -0.2) is 0 Å². The highest BCUT2D eigenvalue weighted by Crippen LogP contribution is 2.47. The van der Waals surface area contributed by atoms with Crippen LogP contribution in [0, 0.1) is 0 Å². The van der Waals surface area contributed by atoms with E-state index < -0.39 is 0 Å². The van der Waals surface area contributed by atoms with Crippen molar-refractivity contribution in [3.63, 3.8) is 0 Å². The predicted molar refractivity (Wildman–Crippen MR) is 233 cm³/mol. The molecule has 0 aliphatic carbocycles. The van der Waals surface area contributed by atoms with Crippen LogP contribution in [0.5, 0.6) is 0 Å². The molecule has 0 saturated heterocycles. The van der Waals surface area contributed by atoms with Gasteiger partial charge in [0, 0.05) is 26.8 Å². The molecule has 0 radical (unpaired) electrons. The summed E-state index contributed by atoms with van der Waals surface area (Å²) in [6.45, 7) is 0. The average molecular weight is 706 g/mol. The highest BCUT2D eigenvalue weighted by Gasteiger charge is 2.20. The van der Waals surface area contributed by atoms with E-state index in [1.807, 2.05) is 11.3 Å². The summed E-state index contributed by atoms with van der Waals surface area (Å²) >= 11 is 1.87. The van der Waals surface area contributed by atoms with Crippen LogP contribution in [0.15, 0.2) is 212 Å². The second-order valence-electron chi connectivity index (χ2n) is 13.7. The Balaban J connectivity index is 1.17. The Labute approximate surface area is 319 Å². The summed E-state index contributed by atoms with van der Waals surface area (Å²) in [4.78, 5) is 2.45. The molecule has 1 heterocycles. The first kappa shape index (κ1) is 32.0. The van der Waals surface area contributed by atoms with Crippen LogP contribution in [0.25, 0.3) is 75.5 Å². The summed E-state index contributed by atoms with van der Waals surface area (Å²) in [6, 6.07) is 77.1. The van der Waals surface area contributed by atoms with Gasteiger partial charge in [-0.3, -0.25) is 0 Å². The van der Waals surface area contributed by atoms with Gasteiger partial charge in [0.05, 0.1) is 10.4 Å². The predicted octanol–water partition coefficient (Wildman–Crippen LogP) is 15.3. The SMILES string of the molecule is c1ccc(-c2ccc(N(c3ccc(-c4cccc5cccc(-c6ccccc6)c45)cc3)c3cccc4c3sc3ccccc34)cc2-c2ccccc2)cc1.